The molecule has 4 nitrogen and oxygen atoms in total. The Morgan fingerprint density at radius 2 is 1.69 bits per heavy atom. The van der Waals surface area contributed by atoms with Gasteiger partial charge in [-0.1, -0.05) is 67.8 Å². The molecular weight excluding hydrogens is 430 g/mol. The Balaban J connectivity index is 1.21. The Morgan fingerprint density at radius 1 is 0.914 bits per heavy atom. The third-order valence-electron chi connectivity index (χ3n) is 8.03. The number of fused-ring (bicyclic) bond motifs is 2. The van der Waals surface area contributed by atoms with E-state index in [2.05, 4.69) is 58.8 Å². The second-order valence-electron chi connectivity index (χ2n) is 10.4. The van der Waals surface area contributed by atoms with Crippen molar-refractivity contribution in [2.45, 2.75) is 63.3 Å². The zero-order valence-electron chi connectivity index (χ0n) is 20.6. The molecule has 1 aliphatic carbocycles. The maximum atomic E-state index is 13.2. The van der Waals surface area contributed by atoms with Crippen molar-refractivity contribution >= 4 is 16.7 Å². The summed E-state index contributed by atoms with van der Waals surface area (Å²) in [6.45, 7) is 3.07. The standard InChI is InChI=1S/C31H35N3O/c32-23-25-9-11-27-12-17-34(18-13-29(27)21-25)19-16-31(14-4-1-5-15-31)33-30(35)22-24-8-10-26-6-2-3-7-28(26)20-24/h2-3,6-11,20-21H,1,4-5,12-19,22H2,(H,33,35). The third-order valence-corrected chi connectivity index (χ3v) is 8.03. The fraction of sp³-hybridized carbons (Fsp3) is 0.419. The van der Waals surface area contributed by atoms with Gasteiger partial charge in [-0.25, -0.2) is 0 Å². The van der Waals surface area contributed by atoms with E-state index in [-0.39, 0.29) is 11.4 Å². The molecule has 0 unspecified atom stereocenters. The zero-order valence-corrected chi connectivity index (χ0v) is 20.6. The molecule has 4 heteroatoms. The van der Waals surface area contributed by atoms with E-state index < -0.39 is 0 Å². The summed E-state index contributed by atoms with van der Waals surface area (Å²) in [4.78, 5) is 15.7. The van der Waals surface area contributed by atoms with Crippen LogP contribution in [0.4, 0.5) is 0 Å². The highest BCUT2D eigenvalue weighted by atomic mass is 16.1. The molecule has 2 aliphatic rings. The van der Waals surface area contributed by atoms with E-state index in [0.29, 0.717) is 6.42 Å². The number of hydrogen-bond donors (Lipinski definition) is 1. The van der Waals surface area contributed by atoms with Crippen LogP contribution < -0.4 is 5.32 Å². The van der Waals surface area contributed by atoms with Gasteiger partial charge in [-0.15, -0.1) is 0 Å². The van der Waals surface area contributed by atoms with E-state index in [1.165, 1.54) is 41.2 Å². The average molecular weight is 466 g/mol. The van der Waals surface area contributed by atoms with E-state index in [4.69, 9.17) is 0 Å². The minimum Gasteiger partial charge on any atom is -0.350 e. The molecule has 1 saturated carbocycles. The number of rotatable bonds is 6. The average Bonchev–Trinajstić information content (AvgIpc) is 3.09. The first-order chi connectivity index (χ1) is 17.1. The van der Waals surface area contributed by atoms with Crippen molar-refractivity contribution in [2.75, 3.05) is 19.6 Å². The lowest BCUT2D eigenvalue weighted by atomic mass is 9.79. The summed E-state index contributed by atoms with van der Waals surface area (Å²) in [5.41, 5.74) is 4.45. The minimum atomic E-state index is -0.0840. The van der Waals surface area contributed by atoms with Crippen LogP contribution in [0.1, 0.15) is 60.8 Å². The summed E-state index contributed by atoms with van der Waals surface area (Å²) in [5.74, 6) is 0.148. The number of amides is 1. The Morgan fingerprint density at radius 3 is 2.49 bits per heavy atom. The lowest BCUT2D eigenvalue weighted by Gasteiger charge is -2.39. The van der Waals surface area contributed by atoms with Gasteiger partial charge in [0.05, 0.1) is 18.1 Å². The molecule has 1 aliphatic heterocycles. The van der Waals surface area contributed by atoms with Crippen molar-refractivity contribution in [2.24, 2.45) is 0 Å². The van der Waals surface area contributed by atoms with Gasteiger partial charge < -0.3 is 10.2 Å². The number of benzene rings is 3. The summed E-state index contributed by atoms with van der Waals surface area (Å²) in [6, 6.07) is 23.1. The van der Waals surface area contributed by atoms with Gasteiger partial charge in [0.25, 0.3) is 0 Å². The summed E-state index contributed by atoms with van der Waals surface area (Å²) in [5, 5.41) is 15.2. The van der Waals surface area contributed by atoms with Gasteiger partial charge in [0.2, 0.25) is 5.91 Å². The van der Waals surface area contributed by atoms with Crippen LogP contribution in [0.25, 0.3) is 10.8 Å². The normalized spacial score (nSPS) is 17.8. The van der Waals surface area contributed by atoms with Crippen LogP contribution in [-0.4, -0.2) is 36.0 Å². The van der Waals surface area contributed by atoms with Crippen LogP contribution in [-0.2, 0) is 24.1 Å². The predicted octanol–water partition coefficient (Wildman–Crippen LogP) is 5.56. The topological polar surface area (TPSA) is 56.1 Å². The zero-order chi connectivity index (χ0) is 24.1. The summed E-state index contributed by atoms with van der Waals surface area (Å²) in [7, 11) is 0. The van der Waals surface area contributed by atoms with Gasteiger partial charge in [-0.2, -0.15) is 5.26 Å². The van der Waals surface area contributed by atoms with Crippen molar-refractivity contribution in [3.63, 3.8) is 0 Å². The van der Waals surface area contributed by atoms with Crippen LogP contribution in [0.2, 0.25) is 0 Å². The van der Waals surface area contributed by atoms with Crippen molar-refractivity contribution in [3.05, 3.63) is 82.9 Å². The second kappa shape index (κ2) is 10.6. The molecule has 3 aromatic rings. The first-order valence-corrected chi connectivity index (χ1v) is 13.2. The lowest BCUT2D eigenvalue weighted by molar-refractivity contribution is -0.123. The molecule has 5 rings (SSSR count). The summed E-state index contributed by atoms with van der Waals surface area (Å²) >= 11 is 0. The Kier molecular flexibility index (Phi) is 7.16. The van der Waals surface area contributed by atoms with Crippen molar-refractivity contribution in [3.8, 4) is 6.07 Å². The third kappa shape index (κ3) is 5.74. The number of hydrogen-bond acceptors (Lipinski definition) is 3. The van der Waals surface area contributed by atoms with Gasteiger partial charge in [-0.3, -0.25) is 4.79 Å². The van der Waals surface area contributed by atoms with Gasteiger partial charge in [0, 0.05) is 25.2 Å². The highest BCUT2D eigenvalue weighted by Crippen LogP contribution is 2.32. The smallest absolute Gasteiger partial charge is 0.224 e. The maximum Gasteiger partial charge on any atom is 0.224 e. The Labute approximate surface area is 208 Å². The predicted molar refractivity (Wildman–Crippen MR) is 141 cm³/mol. The number of nitrogens with zero attached hydrogens (tertiary/aromatic N) is 2. The van der Waals surface area contributed by atoms with Crippen LogP contribution in [0, 0.1) is 11.3 Å². The van der Waals surface area contributed by atoms with Gasteiger partial charge in [0.15, 0.2) is 0 Å². The van der Waals surface area contributed by atoms with Crippen LogP contribution >= 0.6 is 0 Å². The van der Waals surface area contributed by atoms with Crippen molar-refractivity contribution in [1.29, 1.82) is 5.26 Å². The van der Waals surface area contributed by atoms with Crippen molar-refractivity contribution in [1.82, 2.24) is 10.2 Å². The molecule has 35 heavy (non-hydrogen) atoms. The van der Waals surface area contributed by atoms with E-state index >= 15 is 0 Å². The molecule has 1 N–H and O–H groups in total. The molecule has 0 atom stereocenters. The Hall–Kier alpha value is -3.16. The van der Waals surface area contributed by atoms with Crippen LogP contribution in [0.3, 0.4) is 0 Å². The molecule has 0 radical (unpaired) electrons. The fourth-order valence-electron chi connectivity index (χ4n) is 5.98. The van der Waals surface area contributed by atoms with Crippen molar-refractivity contribution < 1.29 is 4.79 Å². The molecule has 1 heterocycles. The maximum absolute atomic E-state index is 13.2. The molecule has 1 amide bonds. The van der Waals surface area contributed by atoms with Crippen LogP contribution in [0.15, 0.2) is 60.7 Å². The quantitative estimate of drug-likeness (QED) is 0.518. The van der Waals surface area contributed by atoms with E-state index in [9.17, 15) is 10.1 Å². The molecular formula is C31H35N3O. The molecule has 180 valence electrons. The number of carbonyl (C=O) groups excluding carboxylic acids is 1. The molecule has 0 aromatic heterocycles. The molecule has 3 aromatic carbocycles. The first kappa shape index (κ1) is 23.6. The number of nitriles is 1. The SMILES string of the molecule is N#Cc1ccc2c(c1)CCN(CCC1(NC(=O)Cc3ccc4ccccc4c3)CCCCC1)CC2. The lowest BCUT2D eigenvalue weighted by Crippen LogP contribution is -2.52. The van der Waals surface area contributed by atoms with E-state index in [1.807, 2.05) is 18.2 Å². The highest BCUT2D eigenvalue weighted by Gasteiger charge is 2.34. The molecule has 0 spiro atoms. The number of carbonyl (C=O) groups is 1. The molecule has 0 saturated heterocycles. The van der Waals surface area contributed by atoms with Gasteiger partial charge in [-0.05, 0) is 71.7 Å². The summed E-state index contributed by atoms with van der Waals surface area (Å²) in [6.07, 6.45) is 9.28. The fourth-order valence-corrected chi connectivity index (χ4v) is 5.98. The van der Waals surface area contributed by atoms with E-state index in [1.54, 1.807) is 0 Å². The number of nitrogens with one attached hydrogen (secondary N) is 1. The molecule has 1 fully saturated rings. The largest absolute Gasteiger partial charge is 0.350 e. The summed E-state index contributed by atoms with van der Waals surface area (Å²) < 4.78 is 0. The molecule has 0 bridgehead atoms. The highest BCUT2D eigenvalue weighted by molar-refractivity contribution is 5.85. The minimum absolute atomic E-state index is 0.0840. The van der Waals surface area contributed by atoms with Gasteiger partial charge in [0.1, 0.15) is 0 Å². The monoisotopic (exact) mass is 465 g/mol. The second-order valence-corrected chi connectivity index (χ2v) is 10.4. The van der Waals surface area contributed by atoms with Gasteiger partial charge >= 0.3 is 0 Å². The Bertz CT molecular complexity index is 1240. The van der Waals surface area contributed by atoms with Crippen LogP contribution in [0.5, 0.6) is 0 Å². The first-order valence-electron chi connectivity index (χ1n) is 13.2. The van der Waals surface area contributed by atoms with E-state index in [0.717, 1.165) is 62.9 Å².